The molecule has 4 heteroatoms. The number of hydrogen-bond donors (Lipinski definition) is 2. The smallest absolute Gasteiger partial charge is 0.237 e. The average Bonchev–Trinajstić information content (AvgIpc) is 2.47. The van der Waals surface area contributed by atoms with E-state index in [0.29, 0.717) is 5.92 Å². The molecule has 1 saturated heterocycles. The number of methoxy groups -OCH3 is 1. The molecule has 1 aromatic rings. The number of rotatable bonds is 4. The van der Waals surface area contributed by atoms with Crippen LogP contribution in [0.3, 0.4) is 0 Å². The van der Waals surface area contributed by atoms with Gasteiger partial charge in [-0.05, 0) is 38.3 Å². The van der Waals surface area contributed by atoms with Crippen LogP contribution >= 0.6 is 0 Å². The fourth-order valence-corrected chi connectivity index (χ4v) is 2.72. The first-order valence-electron chi connectivity index (χ1n) is 7.28. The Labute approximate surface area is 120 Å². The van der Waals surface area contributed by atoms with Crippen LogP contribution in [0.15, 0.2) is 24.3 Å². The second-order valence-electron chi connectivity index (χ2n) is 5.61. The predicted molar refractivity (Wildman–Crippen MR) is 79.7 cm³/mol. The minimum Gasteiger partial charge on any atom is -0.496 e. The molecule has 1 aliphatic rings. The Morgan fingerprint density at radius 1 is 1.45 bits per heavy atom. The highest BCUT2D eigenvalue weighted by atomic mass is 16.5. The van der Waals surface area contributed by atoms with Crippen molar-refractivity contribution in [2.45, 2.75) is 38.8 Å². The SMILES string of the molecule is COc1ccccc1[C@@H](C)NC(=O)C1CC(C)CCN1. The Bertz CT molecular complexity index is 462. The molecule has 1 fully saturated rings. The molecule has 0 spiro atoms. The third kappa shape index (κ3) is 3.51. The summed E-state index contributed by atoms with van der Waals surface area (Å²) in [4.78, 5) is 12.3. The number of piperidine rings is 1. The van der Waals surface area contributed by atoms with Crippen molar-refractivity contribution in [1.29, 1.82) is 0 Å². The standard InChI is InChI=1S/C16H24N2O2/c1-11-8-9-17-14(10-11)16(19)18-12(2)13-6-4-5-7-15(13)20-3/h4-7,11-12,14,17H,8-10H2,1-3H3,(H,18,19)/t11?,12-,14?/m1/s1. The first kappa shape index (κ1) is 14.9. The van der Waals surface area contributed by atoms with Crippen molar-refractivity contribution in [1.82, 2.24) is 10.6 Å². The van der Waals surface area contributed by atoms with E-state index in [1.54, 1.807) is 7.11 Å². The molecule has 0 bridgehead atoms. The molecule has 0 aliphatic carbocycles. The second-order valence-corrected chi connectivity index (χ2v) is 5.61. The highest BCUT2D eigenvalue weighted by Gasteiger charge is 2.26. The monoisotopic (exact) mass is 276 g/mol. The van der Waals surface area contributed by atoms with Crippen LogP contribution in [0.25, 0.3) is 0 Å². The fourth-order valence-electron chi connectivity index (χ4n) is 2.72. The topological polar surface area (TPSA) is 50.4 Å². The molecule has 1 aromatic carbocycles. The van der Waals surface area contributed by atoms with Crippen LogP contribution in [0.1, 0.15) is 38.3 Å². The van der Waals surface area contributed by atoms with E-state index in [-0.39, 0.29) is 18.0 Å². The van der Waals surface area contributed by atoms with E-state index in [1.807, 2.05) is 31.2 Å². The van der Waals surface area contributed by atoms with Gasteiger partial charge < -0.3 is 15.4 Å². The summed E-state index contributed by atoms with van der Waals surface area (Å²) < 4.78 is 5.34. The Hall–Kier alpha value is -1.55. The van der Waals surface area contributed by atoms with Crippen LogP contribution in [-0.2, 0) is 4.79 Å². The maximum absolute atomic E-state index is 12.3. The van der Waals surface area contributed by atoms with Crippen molar-refractivity contribution in [2.24, 2.45) is 5.92 Å². The quantitative estimate of drug-likeness (QED) is 0.887. The van der Waals surface area contributed by atoms with Crippen molar-refractivity contribution in [3.05, 3.63) is 29.8 Å². The van der Waals surface area contributed by atoms with Gasteiger partial charge in [0.05, 0.1) is 19.2 Å². The summed E-state index contributed by atoms with van der Waals surface area (Å²) >= 11 is 0. The lowest BCUT2D eigenvalue weighted by Gasteiger charge is -2.28. The zero-order valence-electron chi connectivity index (χ0n) is 12.5. The summed E-state index contributed by atoms with van der Waals surface area (Å²) in [6.07, 6.45) is 2.05. The normalized spacial score (nSPS) is 23.9. The molecule has 4 nitrogen and oxygen atoms in total. The molecular formula is C16H24N2O2. The second kappa shape index (κ2) is 6.75. The first-order valence-corrected chi connectivity index (χ1v) is 7.28. The number of carbonyl (C=O) groups is 1. The Morgan fingerprint density at radius 2 is 2.20 bits per heavy atom. The molecule has 0 saturated carbocycles. The van der Waals surface area contributed by atoms with Crippen molar-refractivity contribution < 1.29 is 9.53 Å². The number of hydrogen-bond acceptors (Lipinski definition) is 3. The molecule has 0 aromatic heterocycles. The van der Waals surface area contributed by atoms with Gasteiger partial charge in [-0.1, -0.05) is 25.1 Å². The van der Waals surface area contributed by atoms with Gasteiger partial charge in [0.15, 0.2) is 0 Å². The van der Waals surface area contributed by atoms with Gasteiger partial charge in [0.1, 0.15) is 5.75 Å². The maximum Gasteiger partial charge on any atom is 0.237 e. The Kier molecular flexibility index (Phi) is 5.01. The third-order valence-electron chi connectivity index (χ3n) is 3.95. The van der Waals surface area contributed by atoms with Crippen LogP contribution in [0.4, 0.5) is 0 Å². The lowest BCUT2D eigenvalue weighted by molar-refractivity contribution is -0.124. The molecule has 1 amide bonds. The minimum absolute atomic E-state index is 0.0577. The van der Waals surface area contributed by atoms with Crippen LogP contribution in [0, 0.1) is 5.92 Å². The first-order chi connectivity index (χ1) is 9.61. The molecule has 2 N–H and O–H groups in total. The molecule has 110 valence electrons. The number of carbonyl (C=O) groups excluding carboxylic acids is 1. The Balaban J connectivity index is 2.00. The van der Waals surface area contributed by atoms with Gasteiger partial charge in [0.25, 0.3) is 0 Å². The molecule has 2 rings (SSSR count). The zero-order valence-corrected chi connectivity index (χ0v) is 12.5. The van der Waals surface area contributed by atoms with Gasteiger partial charge in [0.2, 0.25) is 5.91 Å². The number of nitrogens with one attached hydrogen (secondary N) is 2. The lowest BCUT2D eigenvalue weighted by Crippen LogP contribution is -2.48. The van der Waals surface area contributed by atoms with E-state index in [4.69, 9.17) is 4.74 Å². The van der Waals surface area contributed by atoms with Gasteiger partial charge in [0, 0.05) is 5.56 Å². The molecule has 0 radical (unpaired) electrons. The van der Waals surface area contributed by atoms with Crippen LogP contribution in [0.5, 0.6) is 5.75 Å². The van der Waals surface area contributed by atoms with E-state index in [2.05, 4.69) is 17.6 Å². The van der Waals surface area contributed by atoms with E-state index in [9.17, 15) is 4.79 Å². The van der Waals surface area contributed by atoms with E-state index in [1.165, 1.54) is 0 Å². The third-order valence-corrected chi connectivity index (χ3v) is 3.95. The number of ether oxygens (including phenoxy) is 1. The largest absolute Gasteiger partial charge is 0.496 e. The zero-order chi connectivity index (χ0) is 14.5. The summed E-state index contributed by atoms with van der Waals surface area (Å²) in [5, 5.41) is 6.37. The van der Waals surface area contributed by atoms with Gasteiger partial charge in [-0.25, -0.2) is 0 Å². The maximum atomic E-state index is 12.3. The van der Waals surface area contributed by atoms with Crippen LogP contribution in [0.2, 0.25) is 0 Å². The fraction of sp³-hybridized carbons (Fsp3) is 0.562. The Morgan fingerprint density at radius 3 is 2.90 bits per heavy atom. The van der Waals surface area contributed by atoms with Crippen molar-refractivity contribution in [3.63, 3.8) is 0 Å². The number of para-hydroxylation sites is 1. The predicted octanol–water partition coefficient (Wildman–Crippen LogP) is 2.26. The van der Waals surface area contributed by atoms with Crippen LogP contribution in [-0.4, -0.2) is 25.6 Å². The summed E-state index contributed by atoms with van der Waals surface area (Å²) in [6, 6.07) is 7.66. The van der Waals surface area contributed by atoms with Gasteiger partial charge in [-0.2, -0.15) is 0 Å². The van der Waals surface area contributed by atoms with Crippen molar-refractivity contribution in [3.8, 4) is 5.75 Å². The summed E-state index contributed by atoms with van der Waals surface area (Å²) in [7, 11) is 1.65. The van der Waals surface area contributed by atoms with Crippen molar-refractivity contribution in [2.75, 3.05) is 13.7 Å². The van der Waals surface area contributed by atoms with E-state index >= 15 is 0 Å². The molecule has 1 heterocycles. The number of amides is 1. The van der Waals surface area contributed by atoms with E-state index < -0.39 is 0 Å². The molecule has 20 heavy (non-hydrogen) atoms. The van der Waals surface area contributed by atoms with E-state index in [0.717, 1.165) is 30.7 Å². The van der Waals surface area contributed by atoms with Gasteiger partial charge >= 0.3 is 0 Å². The van der Waals surface area contributed by atoms with Crippen LogP contribution < -0.4 is 15.4 Å². The highest BCUT2D eigenvalue weighted by Crippen LogP contribution is 2.24. The number of benzene rings is 1. The summed E-state index contributed by atoms with van der Waals surface area (Å²) in [5.41, 5.74) is 1.01. The van der Waals surface area contributed by atoms with Crippen molar-refractivity contribution >= 4 is 5.91 Å². The molecule has 3 atom stereocenters. The summed E-state index contributed by atoms with van der Waals surface area (Å²) in [5.74, 6) is 1.49. The molecular weight excluding hydrogens is 252 g/mol. The molecule has 1 aliphatic heterocycles. The minimum atomic E-state index is -0.0732. The highest BCUT2D eigenvalue weighted by molar-refractivity contribution is 5.82. The van der Waals surface area contributed by atoms with Gasteiger partial charge in [-0.3, -0.25) is 4.79 Å². The van der Waals surface area contributed by atoms with Gasteiger partial charge in [-0.15, -0.1) is 0 Å². The molecule has 2 unspecified atom stereocenters. The summed E-state index contributed by atoms with van der Waals surface area (Å²) in [6.45, 7) is 5.11. The average molecular weight is 276 g/mol. The lowest BCUT2D eigenvalue weighted by atomic mass is 9.93.